The second-order valence-corrected chi connectivity index (χ2v) is 7.90. The molecule has 1 atom stereocenters. The Morgan fingerprint density at radius 1 is 1.44 bits per heavy atom. The van der Waals surface area contributed by atoms with Crippen molar-refractivity contribution in [1.82, 2.24) is 5.32 Å². The molecule has 1 unspecified atom stereocenters. The lowest BCUT2D eigenvalue weighted by molar-refractivity contribution is 0.272. The molecule has 0 fully saturated rings. The summed E-state index contributed by atoms with van der Waals surface area (Å²) in [6.45, 7) is 11.5. The molecule has 0 aromatic carbocycles. The molecule has 0 amide bonds. The number of nitrogens with one attached hydrogen (secondary N) is 1. The number of hydrogen-bond donors (Lipinski definition) is 1. The van der Waals surface area contributed by atoms with Crippen molar-refractivity contribution >= 4 is 27.3 Å². The van der Waals surface area contributed by atoms with Gasteiger partial charge in [-0.05, 0) is 52.7 Å². The lowest BCUT2D eigenvalue weighted by atomic mass is 9.81. The van der Waals surface area contributed by atoms with Gasteiger partial charge in [-0.2, -0.15) is 0 Å². The smallest absolute Gasteiger partial charge is 0.0285 e. The van der Waals surface area contributed by atoms with Crippen LogP contribution in [0.1, 0.15) is 45.4 Å². The van der Waals surface area contributed by atoms with Gasteiger partial charge in [0, 0.05) is 21.3 Å². The molecule has 0 aliphatic heterocycles. The predicted molar refractivity (Wildman–Crippen MR) is 86.4 cm³/mol. The zero-order valence-electron chi connectivity index (χ0n) is 12.1. The van der Waals surface area contributed by atoms with Crippen LogP contribution in [0.25, 0.3) is 0 Å². The molecule has 0 aliphatic carbocycles. The first kappa shape index (κ1) is 16.2. The SMILES string of the molecule is CCCC(C)(CNCC(C)C)Cc1cc(Br)cs1. The average Bonchev–Trinajstić information content (AvgIpc) is 2.63. The minimum absolute atomic E-state index is 0.383. The van der Waals surface area contributed by atoms with Crippen molar-refractivity contribution in [3.8, 4) is 0 Å². The van der Waals surface area contributed by atoms with Crippen LogP contribution < -0.4 is 5.32 Å². The van der Waals surface area contributed by atoms with Gasteiger partial charge >= 0.3 is 0 Å². The first-order chi connectivity index (χ1) is 8.45. The Balaban J connectivity index is 2.55. The van der Waals surface area contributed by atoms with Gasteiger partial charge in [-0.3, -0.25) is 0 Å². The zero-order chi connectivity index (χ0) is 13.6. The molecular weight excluding hydrogens is 306 g/mol. The third-order valence-electron chi connectivity index (χ3n) is 3.18. The third-order valence-corrected chi connectivity index (χ3v) is 4.88. The molecule has 0 bridgehead atoms. The summed E-state index contributed by atoms with van der Waals surface area (Å²) in [4.78, 5) is 1.49. The molecule has 0 aliphatic rings. The summed E-state index contributed by atoms with van der Waals surface area (Å²) >= 11 is 5.41. The molecule has 3 heteroatoms. The quantitative estimate of drug-likeness (QED) is 0.698. The van der Waals surface area contributed by atoms with E-state index < -0.39 is 0 Å². The Labute approximate surface area is 125 Å². The molecule has 1 aromatic heterocycles. The fourth-order valence-electron chi connectivity index (χ4n) is 2.37. The van der Waals surface area contributed by atoms with Crippen LogP contribution >= 0.6 is 27.3 Å². The van der Waals surface area contributed by atoms with Crippen molar-refractivity contribution in [2.24, 2.45) is 11.3 Å². The van der Waals surface area contributed by atoms with Crippen LogP contribution in [-0.4, -0.2) is 13.1 Å². The maximum absolute atomic E-state index is 3.63. The molecule has 0 radical (unpaired) electrons. The third kappa shape index (κ3) is 5.85. The van der Waals surface area contributed by atoms with Crippen LogP contribution in [0.5, 0.6) is 0 Å². The predicted octanol–water partition coefficient (Wildman–Crippen LogP) is 5.11. The first-order valence-electron chi connectivity index (χ1n) is 6.89. The number of hydrogen-bond acceptors (Lipinski definition) is 2. The van der Waals surface area contributed by atoms with Gasteiger partial charge < -0.3 is 5.32 Å². The summed E-state index contributed by atoms with van der Waals surface area (Å²) in [5.74, 6) is 0.728. The van der Waals surface area contributed by atoms with E-state index in [1.165, 1.54) is 28.6 Å². The topological polar surface area (TPSA) is 12.0 Å². The summed E-state index contributed by atoms with van der Waals surface area (Å²) in [5, 5.41) is 5.81. The second-order valence-electron chi connectivity index (χ2n) is 5.99. The van der Waals surface area contributed by atoms with E-state index >= 15 is 0 Å². The molecule has 1 nitrogen and oxygen atoms in total. The van der Waals surface area contributed by atoms with E-state index in [4.69, 9.17) is 0 Å². The molecule has 1 heterocycles. The summed E-state index contributed by atoms with van der Waals surface area (Å²) in [6, 6.07) is 2.26. The normalized spacial score (nSPS) is 15.0. The zero-order valence-corrected chi connectivity index (χ0v) is 14.5. The van der Waals surface area contributed by atoms with Crippen LogP contribution in [0.2, 0.25) is 0 Å². The molecule has 1 rings (SSSR count). The second kappa shape index (κ2) is 7.66. The molecule has 0 saturated heterocycles. The maximum Gasteiger partial charge on any atom is 0.0285 e. The van der Waals surface area contributed by atoms with E-state index in [-0.39, 0.29) is 0 Å². The van der Waals surface area contributed by atoms with Gasteiger partial charge in [0.05, 0.1) is 0 Å². The molecule has 1 aromatic rings. The molecule has 104 valence electrons. The van der Waals surface area contributed by atoms with Crippen molar-refractivity contribution in [3.05, 3.63) is 20.8 Å². The van der Waals surface area contributed by atoms with E-state index in [0.717, 1.165) is 19.0 Å². The highest BCUT2D eigenvalue weighted by Crippen LogP contribution is 2.31. The van der Waals surface area contributed by atoms with Crippen molar-refractivity contribution in [3.63, 3.8) is 0 Å². The molecular formula is C15H26BrNS. The summed E-state index contributed by atoms with van der Waals surface area (Å²) in [6.07, 6.45) is 3.72. The standard InChI is InChI=1S/C15H26BrNS/c1-5-6-15(4,11-17-9-12(2)3)8-14-7-13(16)10-18-14/h7,10,12,17H,5-6,8-9,11H2,1-4H3. The van der Waals surface area contributed by atoms with Crippen LogP contribution in [-0.2, 0) is 6.42 Å². The Hall–Kier alpha value is 0.140. The number of halogens is 1. The Bertz CT molecular complexity index is 348. The molecule has 0 spiro atoms. The van der Waals surface area contributed by atoms with E-state index in [1.54, 1.807) is 0 Å². The van der Waals surface area contributed by atoms with Crippen molar-refractivity contribution in [2.45, 2.75) is 47.0 Å². The molecule has 1 N–H and O–H groups in total. The minimum Gasteiger partial charge on any atom is -0.316 e. The van der Waals surface area contributed by atoms with Crippen LogP contribution in [0.3, 0.4) is 0 Å². The van der Waals surface area contributed by atoms with E-state index in [1.807, 2.05) is 11.3 Å². The van der Waals surface area contributed by atoms with Crippen molar-refractivity contribution in [2.75, 3.05) is 13.1 Å². The van der Waals surface area contributed by atoms with Crippen LogP contribution in [0.4, 0.5) is 0 Å². The van der Waals surface area contributed by atoms with Gasteiger partial charge in [-0.15, -0.1) is 11.3 Å². The lowest BCUT2D eigenvalue weighted by Crippen LogP contribution is -2.35. The maximum atomic E-state index is 3.63. The average molecular weight is 332 g/mol. The van der Waals surface area contributed by atoms with Gasteiger partial charge in [0.1, 0.15) is 0 Å². The minimum atomic E-state index is 0.383. The first-order valence-corrected chi connectivity index (χ1v) is 8.56. The Morgan fingerprint density at radius 2 is 2.17 bits per heavy atom. The van der Waals surface area contributed by atoms with E-state index in [0.29, 0.717) is 5.41 Å². The Kier molecular flexibility index (Phi) is 6.89. The van der Waals surface area contributed by atoms with Crippen molar-refractivity contribution < 1.29 is 0 Å². The van der Waals surface area contributed by atoms with E-state index in [9.17, 15) is 0 Å². The van der Waals surface area contributed by atoms with E-state index in [2.05, 4.69) is 60.4 Å². The highest BCUT2D eigenvalue weighted by molar-refractivity contribution is 9.10. The monoisotopic (exact) mass is 331 g/mol. The largest absolute Gasteiger partial charge is 0.316 e. The van der Waals surface area contributed by atoms with Gasteiger partial charge in [-0.25, -0.2) is 0 Å². The van der Waals surface area contributed by atoms with Crippen LogP contribution in [0.15, 0.2) is 15.9 Å². The molecule has 18 heavy (non-hydrogen) atoms. The highest BCUT2D eigenvalue weighted by atomic mass is 79.9. The Morgan fingerprint density at radius 3 is 2.67 bits per heavy atom. The van der Waals surface area contributed by atoms with Gasteiger partial charge in [-0.1, -0.05) is 34.1 Å². The number of rotatable bonds is 8. The van der Waals surface area contributed by atoms with Gasteiger partial charge in [0.2, 0.25) is 0 Å². The summed E-state index contributed by atoms with van der Waals surface area (Å²) in [5.41, 5.74) is 0.383. The fraction of sp³-hybridized carbons (Fsp3) is 0.733. The fourth-order valence-corrected chi connectivity index (χ4v) is 4.04. The summed E-state index contributed by atoms with van der Waals surface area (Å²) < 4.78 is 1.22. The van der Waals surface area contributed by atoms with Crippen LogP contribution in [0, 0.1) is 11.3 Å². The number of thiophene rings is 1. The molecule has 0 saturated carbocycles. The summed E-state index contributed by atoms with van der Waals surface area (Å²) in [7, 11) is 0. The van der Waals surface area contributed by atoms with Gasteiger partial charge in [0.15, 0.2) is 0 Å². The van der Waals surface area contributed by atoms with Gasteiger partial charge in [0.25, 0.3) is 0 Å². The van der Waals surface area contributed by atoms with Crippen molar-refractivity contribution in [1.29, 1.82) is 0 Å². The lowest BCUT2D eigenvalue weighted by Gasteiger charge is -2.29. The highest BCUT2D eigenvalue weighted by Gasteiger charge is 2.24.